The molecule has 0 saturated heterocycles. The zero-order valence-electron chi connectivity index (χ0n) is 11.9. The SMILES string of the molecule is COc1ccc(OCc2ccc(OC)c(Br)c2)c(CCl)c1. The van der Waals surface area contributed by atoms with Crippen LogP contribution >= 0.6 is 27.5 Å². The predicted octanol–water partition coefficient (Wildman–Crippen LogP) is 4.78. The monoisotopic (exact) mass is 370 g/mol. The van der Waals surface area contributed by atoms with E-state index in [-0.39, 0.29) is 0 Å². The Morgan fingerprint density at radius 3 is 2.38 bits per heavy atom. The van der Waals surface area contributed by atoms with Gasteiger partial charge in [-0.3, -0.25) is 0 Å². The minimum atomic E-state index is 0.374. The van der Waals surface area contributed by atoms with Crippen molar-refractivity contribution in [2.75, 3.05) is 14.2 Å². The number of ether oxygens (including phenoxy) is 3. The largest absolute Gasteiger partial charge is 0.497 e. The number of rotatable bonds is 6. The molecular formula is C16H16BrClO3. The Morgan fingerprint density at radius 1 is 1.00 bits per heavy atom. The smallest absolute Gasteiger partial charge is 0.133 e. The van der Waals surface area contributed by atoms with E-state index in [0.717, 1.165) is 32.8 Å². The molecule has 0 N–H and O–H groups in total. The molecule has 0 unspecified atom stereocenters. The van der Waals surface area contributed by atoms with Gasteiger partial charge in [0.25, 0.3) is 0 Å². The van der Waals surface area contributed by atoms with Crippen molar-refractivity contribution < 1.29 is 14.2 Å². The molecule has 21 heavy (non-hydrogen) atoms. The molecule has 2 aromatic carbocycles. The Hall–Kier alpha value is -1.39. The van der Waals surface area contributed by atoms with E-state index >= 15 is 0 Å². The third-order valence-electron chi connectivity index (χ3n) is 3.02. The summed E-state index contributed by atoms with van der Waals surface area (Å²) in [4.78, 5) is 0. The topological polar surface area (TPSA) is 27.7 Å². The highest BCUT2D eigenvalue weighted by atomic mass is 79.9. The number of alkyl halides is 1. The van der Waals surface area contributed by atoms with Crippen LogP contribution in [0.3, 0.4) is 0 Å². The molecule has 0 aliphatic rings. The van der Waals surface area contributed by atoms with Crippen molar-refractivity contribution in [2.24, 2.45) is 0 Å². The Morgan fingerprint density at radius 2 is 1.76 bits per heavy atom. The van der Waals surface area contributed by atoms with Crippen molar-refractivity contribution in [1.82, 2.24) is 0 Å². The summed E-state index contributed by atoms with van der Waals surface area (Å²) in [6.45, 7) is 0.457. The zero-order chi connectivity index (χ0) is 15.2. The molecular weight excluding hydrogens is 356 g/mol. The second-order valence-corrected chi connectivity index (χ2v) is 5.49. The van der Waals surface area contributed by atoms with Gasteiger partial charge in [0.05, 0.1) is 24.6 Å². The van der Waals surface area contributed by atoms with Crippen molar-refractivity contribution in [3.63, 3.8) is 0 Å². The van der Waals surface area contributed by atoms with E-state index in [9.17, 15) is 0 Å². The zero-order valence-corrected chi connectivity index (χ0v) is 14.2. The van der Waals surface area contributed by atoms with Crippen molar-refractivity contribution >= 4 is 27.5 Å². The summed E-state index contributed by atoms with van der Waals surface area (Å²) in [6, 6.07) is 11.5. The van der Waals surface area contributed by atoms with Crippen LogP contribution in [0, 0.1) is 0 Å². The molecule has 112 valence electrons. The lowest BCUT2D eigenvalue weighted by Crippen LogP contribution is -1.99. The normalized spacial score (nSPS) is 10.3. The van der Waals surface area contributed by atoms with Crippen LogP contribution in [0.1, 0.15) is 11.1 Å². The van der Waals surface area contributed by atoms with Crippen LogP contribution in [-0.2, 0) is 12.5 Å². The molecule has 0 amide bonds. The number of methoxy groups -OCH3 is 2. The third kappa shape index (κ3) is 4.05. The van der Waals surface area contributed by atoms with Gasteiger partial charge in [-0.1, -0.05) is 6.07 Å². The van der Waals surface area contributed by atoms with Gasteiger partial charge in [0.15, 0.2) is 0 Å². The third-order valence-corrected chi connectivity index (χ3v) is 3.93. The number of hydrogen-bond acceptors (Lipinski definition) is 3. The minimum absolute atomic E-state index is 0.374. The summed E-state index contributed by atoms with van der Waals surface area (Å²) in [5.41, 5.74) is 1.95. The summed E-state index contributed by atoms with van der Waals surface area (Å²) >= 11 is 9.41. The molecule has 0 bridgehead atoms. The molecule has 0 aromatic heterocycles. The maximum absolute atomic E-state index is 5.95. The standard InChI is InChI=1S/C16H16BrClO3/c1-19-13-4-6-15(12(8-13)9-18)21-10-11-3-5-16(20-2)14(17)7-11/h3-8H,9-10H2,1-2H3. The molecule has 2 rings (SSSR count). The van der Waals surface area contributed by atoms with Gasteiger partial charge in [-0.15, -0.1) is 11.6 Å². The van der Waals surface area contributed by atoms with E-state index in [1.54, 1.807) is 14.2 Å². The van der Waals surface area contributed by atoms with E-state index in [1.165, 1.54) is 0 Å². The average Bonchev–Trinajstić information content (AvgIpc) is 2.52. The molecule has 0 atom stereocenters. The summed E-state index contributed by atoms with van der Waals surface area (Å²) in [7, 11) is 3.27. The van der Waals surface area contributed by atoms with E-state index in [4.69, 9.17) is 25.8 Å². The van der Waals surface area contributed by atoms with E-state index in [1.807, 2.05) is 36.4 Å². The van der Waals surface area contributed by atoms with Gasteiger partial charge in [-0.2, -0.15) is 0 Å². The highest BCUT2D eigenvalue weighted by Gasteiger charge is 2.07. The quantitative estimate of drug-likeness (QED) is 0.684. The molecule has 0 fully saturated rings. The first-order valence-electron chi connectivity index (χ1n) is 6.36. The highest BCUT2D eigenvalue weighted by Crippen LogP contribution is 2.28. The van der Waals surface area contributed by atoms with Crippen LogP contribution in [-0.4, -0.2) is 14.2 Å². The first kappa shape index (κ1) is 16.0. The highest BCUT2D eigenvalue weighted by molar-refractivity contribution is 9.10. The molecule has 0 saturated carbocycles. The fraction of sp³-hybridized carbons (Fsp3) is 0.250. The lowest BCUT2D eigenvalue weighted by molar-refractivity contribution is 0.302. The first-order valence-corrected chi connectivity index (χ1v) is 7.68. The minimum Gasteiger partial charge on any atom is -0.497 e. The summed E-state index contributed by atoms with van der Waals surface area (Å²) in [6.07, 6.45) is 0. The van der Waals surface area contributed by atoms with Crippen molar-refractivity contribution in [2.45, 2.75) is 12.5 Å². The van der Waals surface area contributed by atoms with Gasteiger partial charge in [0, 0.05) is 5.56 Å². The van der Waals surface area contributed by atoms with Crippen LogP contribution in [0.4, 0.5) is 0 Å². The summed E-state index contributed by atoms with van der Waals surface area (Å²) in [5, 5.41) is 0. The van der Waals surface area contributed by atoms with Crippen LogP contribution in [0.2, 0.25) is 0 Å². The molecule has 0 spiro atoms. The van der Waals surface area contributed by atoms with E-state index in [2.05, 4.69) is 15.9 Å². The first-order chi connectivity index (χ1) is 10.2. The number of benzene rings is 2. The molecule has 0 aliphatic heterocycles. The average molecular weight is 372 g/mol. The van der Waals surface area contributed by atoms with Gasteiger partial charge < -0.3 is 14.2 Å². The van der Waals surface area contributed by atoms with Gasteiger partial charge in [-0.05, 0) is 51.8 Å². The van der Waals surface area contributed by atoms with Crippen LogP contribution in [0.15, 0.2) is 40.9 Å². The van der Waals surface area contributed by atoms with Crippen molar-refractivity contribution in [1.29, 1.82) is 0 Å². The fourth-order valence-corrected chi connectivity index (χ4v) is 2.69. The molecule has 5 heteroatoms. The van der Waals surface area contributed by atoms with Gasteiger partial charge in [0.2, 0.25) is 0 Å². The summed E-state index contributed by atoms with van der Waals surface area (Å²) in [5.74, 6) is 2.70. The molecule has 3 nitrogen and oxygen atoms in total. The predicted molar refractivity (Wildman–Crippen MR) is 87.6 cm³/mol. The van der Waals surface area contributed by atoms with Crippen LogP contribution < -0.4 is 14.2 Å². The molecule has 2 aromatic rings. The van der Waals surface area contributed by atoms with E-state index < -0.39 is 0 Å². The van der Waals surface area contributed by atoms with Crippen molar-refractivity contribution in [3.05, 3.63) is 52.0 Å². The molecule has 0 heterocycles. The maximum Gasteiger partial charge on any atom is 0.133 e. The van der Waals surface area contributed by atoms with Crippen LogP contribution in [0.5, 0.6) is 17.2 Å². The number of hydrogen-bond donors (Lipinski definition) is 0. The van der Waals surface area contributed by atoms with E-state index in [0.29, 0.717) is 12.5 Å². The lowest BCUT2D eigenvalue weighted by atomic mass is 10.2. The molecule has 0 radical (unpaired) electrons. The van der Waals surface area contributed by atoms with Crippen LogP contribution in [0.25, 0.3) is 0 Å². The van der Waals surface area contributed by atoms with Gasteiger partial charge >= 0.3 is 0 Å². The molecule has 0 aliphatic carbocycles. The van der Waals surface area contributed by atoms with Gasteiger partial charge in [-0.25, -0.2) is 0 Å². The maximum atomic E-state index is 5.95. The van der Waals surface area contributed by atoms with Crippen molar-refractivity contribution in [3.8, 4) is 17.2 Å². The second kappa shape index (κ2) is 7.57. The Kier molecular flexibility index (Phi) is 5.76. The lowest BCUT2D eigenvalue weighted by Gasteiger charge is -2.12. The Labute approximate surface area is 137 Å². The fourth-order valence-electron chi connectivity index (χ4n) is 1.89. The Bertz CT molecular complexity index is 616. The summed E-state index contributed by atoms with van der Waals surface area (Å²) < 4.78 is 17.1. The second-order valence-electron chi connectivity index (χ2n) is 4.36. The number of halogens is 2. The van der Waals surface area contributed by atoms with Gasteiger partial charge in [0.1, 0.15) is 23.9 Å². The Balaban J connectivity index is 2.10.